The molecule has 0 unspecified atom stereocenters. The first-order valence-electron chi connectivity index (χ1n) is 7.91. The van der Waals surface area contributed by atoms with Crippen molar-refractivity contribution >= 4 is 17.3 Å². The van der Waals surface area contributed by atoms with Gasteiger partial charge in [0, 0.05) is 11.6 Å². The van der Waals surface area contributed by atoms with Crippen LogP contribution in [0.3, 0.4) is 0 Å². The van der Waals surface area contributed by atoms with Gasteiger partial charge in [-0.3, -0.25) is 0 Å². The van der Waals surface area contributed by atoms with E-state index in [1.54, 1.807) is 12.1 Å². The molecule has 0 saturated carbocycles. The van der Waals surface area contributed by atoms with Crippen molar-refractivity contribution in [3.63, 3.8) is 0 Å². The summed E-state index contributed by atoms with van der Waals surface area (Å²) in [4.78, 5) is 15.7. The quantitative estimate of drug-likeness (QED) is 0.645. The van der Waals surface area contributed by atoms with Gasteiger partial charge in [0.25, 0.3) is 0 Å². The van der Waals surface area contributed by atoms with E-state index in [0.29, 0.717) is 10.6 Å². The predicted molar refractivity (Wildman–Crippen MR) is 96.1 cm³/mol. The molecule has 27 heavy (non-hydrogen) atoms. The van der Waals surface area contributed by atoms with Crippen LogP contribution in [0.2, 0.25) is 0 Å². The molecule has 3 aromatic rings. The number of ether oxygens (including phenoxy) is 2. The molecule has 0 radical (unpaired) electrons. The maximum Gasteiger partial charge on any atom is 0.341 e. The lowest BCUT2D eigenvalue weighted by atomic mass is 10.2. The fourth-order valence-electron chi connectivity index (χ4n) is 2.28. The second-order valence-electron chi connectivity index (χ2n) is 5.60. The van der Waals surface area contributed by atoms with Crippen LogP contribution >= 0.6 is 11.3 Å². The van der Waals surface area contributed by atoms with Gasteiger partial charge in [-0.25, -0.2) is 18.6 Å². The third-order valence-electron chi connectivity index (χ3n) is 3.59. The third-order valence-corrected chi connectivity index (χ3v) is 4.77. The van der Waals surface area contributed by atoms with E-state index in [-0.39, 0.29) is 23.9 Å². The second kappa shape index (κ2) is 8.13. The zero-order valence-corrected chi connectivity index (χ0v) is 15.1. The highest BCUT2D eigenvalue weighted by Crippen LogP contribution is 2.30. The van der Waals surface area contributed by atoms with E-state index in [0.717, 1.165) is 16.6 Å². The molecule has 2 aromatic carbocycles. The summed E-state index contributed by atoms with van der Waals surface area (Å²) >= 11 is 1.37. The Morgan fingerprint density at radius 3 is 2.70 bits per heavy atom. The third kappa shape index (κ3) is 4.79. The molecule has 1 aromatic heterocycles. The first-order valence-corrected chi connectivity index (χ1v) is 8.73. The van der Waals surface area contributed by atoms with Crippen LogP contribution in [0.1, 0.15) is 10.6 Å². The maximum absolute atomic E-state index is 13.9. The van der Waals surface area contributed by atoms with Crippen molar-refractivity contribution < 1.29 is 28.2 Å². The lowest BCUT2D eigenvalue weighted by molar-refractivity contribution is -0.139. The number of carboxylic acids is 1. The monoisotopic (exact) mass is 391 g/mol. The van der Waals surface area contributed by atoms with Crippen LogP contribution in [0.4, 0.5) is 8.78 Å². The number of hydrogen-bond acceptors (Lipinski definition) is 5. The van der Waals surface area contributed by atoms with Crippen LogP contribution in [0, 0.1) is 18.6 Å². The average Bonchev–Trinajstić information content (AvgIpc) is 3.00. The van der Waals surface area contributed by atoms with Crippen LogP contribution in [-0.4, -0.2) is 22.7 Å². The minimum absolute atomic E-state index is 0.160. The Bertz CT molecular complexity index is 974. The highest BCUT2D eigenvalue weighted by Gasteiger charge is 2.12. The highest BCUT2D eigenvalue weighted by molar-refractivity contribution is 7.15. The summed E-state index contributed by atoms with van der Waals surface area (Å²) in [6.07, 6.45) is 0. The first-order chi connectivity index (χ1) is 12.9. The molecule has 8 heteroatoms. The Labute approximate surface area is 157 Å². The molecular weight excluding hydrogens is 376 g/mol. The fraction of sp³-hybridized carbons (Fsp3) is 0.158. The zero-order chi connectivity index (χ0) is 19.4. The summed E-state index contributed by atoms with van der Waals surface area (Å²) in [7, 11) is 0. The Morgan fingerprint density at radius 1 is 1.19 bits per heavy atom. The van der Waals surface area contributed by atoms with Crippen molar-refractivity contribution in [2.45, 2.75) is 13.5 Å². The van der Waals surface area contributed by atoms with Gasteiger partial charge < -0.3 is 14.6 Å². The molecule has 0 amide bonds. The first kappa shape index (κ1) is 18.8. The lowest BCUT2D eigenvalue weighted by Crippen LogP contribution is -2.10. The van der Waals surface area contributed by atoms with Gasteiger partial charge in [0.05, 0.1) is 10.6 Å². The Hall–Kier alpha value is -3.00. The molecule has 0 aliphatic carbocycles. The molecule has 0 bridgehead atoms. The smallest absolute Gasteiger partial charge is 0.341 e. The standard InChI is InChI=1S/C19H15F2NO4S/c1-11-17(27-19(22-11)12-3-2-4-13(20)7-12)9-25-14-5-6-16(15(21)8-14)26-10-18(23)24/h2-8H,9-10H2,1H3,(H,23,24). The number of aliphatic carboxylic acids is 1. The molecule has 0 spiro atoms. The van der Waals surface area contributed by atoms with Gasteiger partial charge in [-0.05, 0) is 31.2 Å². The molecule has 0 saturated heterocycles. The number of halogens is 2. The Morgan fingerprint density at radius 2 is 2.00 bits per heavy atom. The van der Waals surface area contributed by atoms with E-state index in [4.69, 9.17) is 14.6 Å². The van der Waals surface area contributed by atoms with Gasteiger partial charge in [0.2, 0.25) is 0 Å². The van der Waals surface area contributed by atoms with E-state index in [1.807, 2.05) is 6.92 Å². The predicted octanol–water partition coefficient (Wildman–Crippen LogP) is 4.44. The number of aromatic nitrogens is 1. The number of hydrogen-bond donors (Lipinski definition) is 1. The SMILES string of the molecule is Cc1nc(-c2cccc(F)c2)sc1COc1ccc(OCC(=O)O)c(F)c1. The summed E-state index contributed by atoms with van der Waals surface area (Å²) in [5.74, 6) is -2.12. The molecule has 3 rings (SSSR count). The summed E-state index contributed by atoms with van der Waals surface area (Å²) in [6, 6.07) is 10.1. The molecule has 1 N–H and O–H groups in total. The van der Waals surface area contributed by atoms with Gasteiger partial charge >= 0.3 is 5.97 Å². The summed E-state index contributed by atoms with van der Waals surface area (Å²) in [5.41, 5.74) is 1.43. The van der Waals surface area contributed by atoms with E-state index in [1.165, 1.54) is 35.6 Å². The van der Waals surface area contributed by atoms with Gasteiger partial charge in [-0.15, -0.1) is 11.3 Å². The van der Waals surface area contributed by atoms with Crippen molar-refractivity contribution in [1.82, 2.24) is 4.98 Å². The van der Waals surface area contributed by atoms with Crippen LogP contribution in [0.5, 0.6) is 11.5 Å². The van der Waals surface area contributed by atoms with E-state index in [2.05, 4.69) is 4.98 Å². The van der Waals surface area contributed by atoms with Crippen molar-refractivity contribution in [1.29, 1.82) is 0 Å². The summed E-state index contributed by atoms with van der Waals surface area (Å²) in [6.45, 7) is 1.37. The van der Waals surface area contributed by atoms with Crippen molar-refractivity contribution in [3.05, 3.63) is 64.7 Å². The van der Waals surface area contributed by atoms with Gasteiger partial charge in [-0.2, -0.15) is 0 Å². The van der Waals surface area contributed by atoms with Gasteiger partial charge in [0.1, 0.15) is 23.2 Å². The minimum atomic E-state index is -1.19. The van der Waals surface area contributed by atoms with Crippen LogP contribution in [-0.2, 0) is 11.4 Å². The molecule has 0 aliphatic rings. The molecule has 0 fully saturated rings. The molecule has 140 valence electrons. The summed E-state index contributed by atoms with van der Waals surface area (Å²) in [5, 5.41) is 9.23. The van der Waals surface area contributed by atoms with E-state index >= 15 is 0 Å². The largest absolute Gasteiger partial charge is 0.488 e. The van der Waals surface area contributed by atoms with E-state index < -0.39 is 18.4 Å². The topological polar surface area (TPSA) is 68.7 Å². The molecule has 1 heterocycles. The molecule has 0 aliphatic heterocycles. The number of rotatable bonds is 7. The number of carbonyl (C=O) groups is 1. The Kier molecular flexibility index (Phi) is 5.66. The Balaban J connectivity index is 1.68. The minimum Gasteiger partial charge on any atom is -0.488 e. The zero-order valence-electron chi connectivity index (χ0n) is 14.2. The van der Waals surface area contributed by atoms with E-state index in [9.17, 15) is 13.6 Å². The van der Waals surface area contributed by atoms with Crippen LogP contribution in [0.15, 0.2) is 42.5 Å². The second-order valence-corrected chi connectivity index (χ2v) is 6.68. The molecule has 5 nitrogen and oxygen atoms in total. The van der Waals surface area contributed by atoms with Crippen molar-refractivity contribution in [2.75, 3.05) is 6.61 Å². The van der Waals surface area contributed by atoms with Gasteiger partial charge in [0.15, 0.2) is 18.2 Å². The number of carboxylic acid groups (broad SMARTS) is 1. The lowest BCUT2D eigenvalue weighted by Gasteiger charge is -2.08. The number of aryl methyl sites for hydroxylation is 1. The highest BCUT2D eigenvalue weighted by atomic mass is 32.1. The number of benzene rings is 2. The normalized spacial score (nSPS) is 10.6. The van der Waals surface area contributed by atoms with Gasteiger partial charge in [-0.1, -0.05) is 12.1 Å². The van der Waals surface area contributed by atoms with Crippen LogP contribution < -0.4 is 9.47 Å². The maximum atomic E-state index is 13.9. The number of thiazole rings is 1. The summed E-state index contributed by atoms with van der Waals surface area (Å²) < 4.78 is 37.7. The number of nitrogens with zero attached hydrogens (tertiary/aromatic N) is 1. The average molecular weight is 391 g/mol. The fourth-order valence-corrected chi connectivity index (χ4v) is 3.26. The molecular formula is C19H15F2NO4S. The molecule has 0 atom stereocenters. The van der Waals surface area contributed by atoms with Crippen molar-refractivity contribution in [3.8, 4) is 22.1 Å². The van der Waals surface area contributed by atoms with Crippen LogP contribution in [0.25, 0.3) is 10.6 Å². The van der Waals surface area contributed by atoms with Crippen molar-refractivity contribution in [2.24, 2.45) is 0 Å².